The summed E-state index contributed by atoms with van der Waals surface area (Å²) in [5.41, 5.74) is 3.42. The van der Waals surface area contributed by atoms with Crippen LogP contribution in [0, 0.1) is 19.8 Å². The molecule has 0 unspecified atom stereocenters. The molecule has 0 spiro atoms. The predicted octanol–water partition coefficient (Wildman–Crippen LogP) is 3.60. The minimum absolute atomic E-state index is 0.0843. The number of carbonyl (C=O) groups excluding carboxylic acids is 3. The molecule has 1 saturated heterocycles. The van der Waals surface area contributed by atoms with Crippen LogP contribution in [0.3, 0.4) is 0 Å². The van der Waals surface area contributed by atoms with Crippen LogP contribution >= 0.6 is 15.9 Å². The molecule has 2 aromatic carbocycles. The molecule has 6 nitrogen and oxygen atoms in total. The molecule has 1 N–H and O–H groups in total. The fraction of sp³-hybridized carbons (Fsp3) is 0.286. The van der Waals surface area contributed by atoms with Crippen molar-refractivity contribution in [3.63, 3.8) is 0 Å². The van der Waals surface area contributed by atoms with E-state index < -0.39 is 17.8 Å². The molecule has 7 heteroatoms. The lowest BCUT2D eigenvalue weighted by molar-refractivity contribution is -0.151. The molecule has 3 rings (SSSR count). The number of nitrogens with one attached hydrogen (secondary N) is 1. The van der Waals surface area contributed by atoms with Gasteiger partial charge in [-0.1, -0.05) is 34.1 Å². The summed E-state index contributed by atoms with van der Waals surface area (Å²) in [5, 5.41) is 2.66. The second kappa shape index (κ2) is 8.56. The third-order valence-electron chi connectivity index (χ3n) is 4.64. The maximum Gasteiger partial charge on any atom is 0.311 e. The highest BCUT2D eigenvalue weighted by Crippen LogP contribution is 2.31. The van der Waals surface area contributed by atoms with Crippen LogP contribution in [-0.4, -0.2) is 30.9 Å². The number of halogens is 1. The molecule has 0 saturated carbocycles. The Hall–Kier alpha value is -2.67. The number of rotatable bonds is 5. The van der Waals surface area contributed by atoms with E-state index in [1.54, 1.807) is 29.2 Å². The van der Waals surface area contributed by atoms with Gasteiger partial charge in [0.2, 0.25) is 5.91 Å². The molecule has 2 aromatic rings. The van der Waals surface area contributed by atoms with Crippen LogP contribution in [0.15, 0.2) is 46.9 Å². The number of hydrogen-bond acceptors (Lipinski definition) is 4. The first-order chi connectivity index (χ1) is 13.3. The molecule has 0 bridgehead atoms. The van der Waals surface area contributed by atoms with Gasteiger partial charge in [0.1, 0.15) is 0 Å². The zero-order valence-electron chi connectivity index (χ0n) is 15.7. The van der Waals surface area contributed by atoms with Crippen molar-refractivity contribution in [3.05, 3.63) is 58.1 Å². The molecule has 1 fully saturated rings. The lowest BCUT2D eigenvalue weighted by Gasteiger charge is -2.21. The van der Waals surface area contributed by atoms with Crippen molar-refractivity contribution in [2.75, 3.05) is 23.4 Å². The van der Waals surface area contributed by atoms with Crippen LogP contribution in [0.2, 0.25) is 0 Å². The van der Waals surface area contributed by atoms with Crippen LogP contribution in [0.4, 0.5) is 11.4 Å². The van der Waals surface area contributed by atoms with Crippen LogP contribution in [0.5, 0.6) is 0 Å². The first-order valence-electron chi connectivity index (χ1n) is 8.94. The average Bonchev–Trinajstić information content (AvgIpc) is 3.03. The van der Waals surface area contributed by atoms with Gasteiger partial charge in [0, 0.05) is 28.8 Å². The van der Waals surface area contributed by atoms with Gasteiger partial charge in [-0.3, -0.25) is 14.4 Å². The van der Waals surface area contributed by atoms with E-state index in [-0.39, 0.29) is 25.5 Å². The molecule has 1 aliphatic rings. The highest BCUT2D eigenvalue weighted by Gasteiger charge is 2.37. The van der Waals surface area contributed by atoms with Crippen LogP contribution in [0.1, 0.15) is 17.5 Å². The number of benzene rings is 2. The second-order valence-corrected chi connectivity index (χ2v) is 7.72. The number of para-hydroxylation sites is 1. The zero-order valence-corrected chi connectivity index (χ0v) is 17.3. The van der Waals surface area contributed by atoms with Crippen LogP contribution in [-0.2, 0) is 19.1 Å². The van der Waals surface area contributed by atoms with E-state index in [0.29, 0.717) is 5.69 Å². The Bertz CT molecular complexity index is 891. The molecule has 0 aliphatic carbocycles. The molecular formula is C21H21BrN2O4. The molecule has 0 aromatic heterocycles. The van der Waals surface area contributed by atoms with Crippen molar-refractivity contribution in [3.8, 4) is 0 Å². The topological polar surface area (TPSA) is 75.7 Å². The summed E-state index contributed by atoms with van der Waals surface area (Å²) in [7, 11) is 0. The maximum atomic E-state index is 12.4. The summed E-state index contributed by atoms with van der Waals surface area (Å²) >= 11 is 3.32. The van der Waals surface area contributed by atoms with Crippen LogP contribution < -0.4 is 10.2 Å². The van der Waals surface area contributed by atoms with Crippen molar-refractivity contribution < 1.29 is 19.1 Å². The normalized spacial score (nSPS) is 16.2. The van der Waals surface area contributed by atoms with Gasteiger partial charge in [-0.05, 0) is 49.2 Å². The summed E-state index contributed by atoms with van der Waals surface area (Å²) in [5.74, 6) is -1.65. The third-order valence-corrected chi connectivity index (χ3v) is 5.17. The standard InChI is InChI=1S/C21H21BrN2O4/c1-13-4-3-5-14(2)20(13)24-11-15(10-19(24)26)21(27)28-12-18(25)23-17-8-6-16(22)7-9-17/h3-9,15H,10-12H2,1-2H3,(H,23,25)/t15-/m0/s1. The number of carbonyl (C=O) groups is 3. The Morgan fingerprint density at radius 3 is 2.43 bits per heavy atom. The number of nitrogens with zero attached hydrogens (tertiary/aromatic N) is 1. The van der Waals surface area contributed by atoms with Crippen molar-refractivity contribution in [1.82, 2.24) is 0 Å². The van der Waals surface area contributed by atoms with Crippen molar-refractivity contribution >= 4 is 45.1 Å². The van der Waals surface area contributed by atoms with Gasteiger partial charge in [-0.2, -0.15) is 0 Å². The SMILES string of the molecule is Cc1cccc(C)c1N1C[C@@H](C(=O)OCC(=O)Nc2ccc(Br)cc2)CC1=O. The van der Waals surface area contributed by atoms with E-state index in [1.807, 2.05) is 32.0 Å². The molecule has 1 atom stereocenters. The third kappa shape index (κ3) is 4.59. The van der Waals surface area contributed by atoms with E-state index in [9.17, 15) is 14.4 Å². The summed E-state index contributed by atoms with van der Waals surface area (Å²) in [4.78, 5) is 38.4. The van der Waals surface area contributed by atoms with Gasteiger partial charge in [0.15, 0.2) is 6.61 Å². The number of aryl methyl sites for hydroxylation is 2. The minimum atomic E-state index is -0.577. The summed E-state index contributed by atoms with van der Waals surface area (Å²) in [6.45, 7) is 3.75. The van der Waals surface area contributed by atoms with Gasteiger partial charge in [0.05, 0.1) is 5.92 Å². The zero-order chi connectivity index (χ0) is 20.3. The highest BCUT2D eigenvalue weighted by atomic mass is 79.9. The lowest BCUT2D eigenvalue weighted by Crippen LogP contribution is -2.29. The molecule has 146 valence electrons. The fourth-order valence-electron chi connectivity index (χ4n) is 3.30. The number of amides is 2. The molecule has 28 heavy (non-hydrogen) atoms. The van der Waals surface area contributed by atoms with Gasteiger partial charge in [-0.25, -0.2) is 0 Å². The number of hydrogen-bond donors (Lipinski definition) is 1. The van der Waals surface area contributed by atoms with E-state index in [4.69, 9.17) is 4.74 Å². The fourth-order valence-corrected chi connectivity index (χ4v) is 3.56. The quantitative estimate of drug-likeness (QED) is 0.714. The molecule has 1 aliphatic heterocycles. The molecule has 0 radical (unpaired) electrons. The summed E-state index contributed by atoms with van der Waals surface area (Å²) in [6.07, 6.45) is 0.0843. The average molecular weight is 445 g/mol. The first kappa shape index (κ1) is 20.1. The summed E-state index contributed by atoms with van der Waals surface area (Å²) < 4.78 is 6.04. The van der Waals surface area contributed by atoms with Crippen molar-refractivity contribution in [2.24, 2.45) is 5.92 Å². The second-order valence-electron chi connectivity index (χ2n) is 6.81. The number of anilines is 2. The van der Waals surface area contributed by atoms with E-state index in [0.717, 1.165) is 21.3 Å². The first-order valence-corrected chi connectivity index (χ1v) is 9.73. The Labute approximate surface area is 172 Å². The number of ether oxygens (including phenoxy) is 1. The van der Waals surface area contributed by atoms with Gasteiger partial charge < -0.3 is 15.0 Å². The highest BCUT2D eigenvalue weighted by molar-refractivity contribution is 9.10. The van der Waals surface area contributed by atoms with Gasteiger partial charge in [0.25, 0.3) is 5.91 Å². The maximum absolute atomic E-state index is 12.4. The molecule has 1 heterocycles. The van der Waals surface area contributed by atoms with Crippen LogP contribution in [0.25, 0.3) is 0 Å². The lowest BCUT2D eigenvalue weighted by atomic mass is 10.1. The monoisotopic (exact) mass is 444 g/mol. The largest absolute Gasteiger partial charge is 0.455 e. The Balaban J connectivity index is 1.56. The van der Waals surface area contributed by atoms with Crippen molar-refractivity contribution in [2.45, 2.75) is 20.3 Å². The number of esters is 1. The molecular weight excluding hydrogens is 424 g/mol. The minimum Gasteiger partial charge on any atom is -0.455 e. The van der Waals surface area contributed by atoms with E-state index in [2.05, 4.69) is 21.2 Å². The smallest absolute Gasteiger partial charge is 0.311 e. The van der Waals surface area contributed by atoms with E-state index >= 15 is 0 Å². The Morgan fingerprint density at radius 2 is 1.79 bits per heavy atom. The Kier molecular flexibility index (Phi) is 6.14. The predicted molar refractivity (Wildman–Crippen MR) is 110 cm³/mol. The summed E-state index contributed by atoms with van der Waals surface area (Å²) in [6, 6.07) is 12.9. The van der Waals surface area contributed by atoms with Gasteiger partial charge in [-0.15, -0.1) is 0 Å². The van der Waals surface area contributed by atoms with Crippen molar-refractivity contribution in [1.29, 1.82) is 0 Å². The van der Waals surface area contributed by atoms with E-state index in [1.165, 1.54) is 0 Å². The van der Waals surface area contributed by atoms with Gasteiger partial charge >= 0.3 is 5.97 Å². The molecule has 2 amide bonds. The Morgan fingerprint density at radius 1 is 1.14 bits per heavy atom.